The van der Waals surface area contributed by atoms with Gasteiger partial charge in [0, 0.05) is 11.3 Å². The first-order chi connectivity index (χ1) is 10.1. The fourth-order valence-corrected chi connectivity index (χ4v) is 4.59. The van der Waals surface area contributed by atoms with Crippen LogP contribution in [0.5, 0.6) is 0 Å². The SMILES string of the molecule is CC(C)Cc1nnc(NC(=O)c2cc3c(s2)CCCC3)s1. The summed E-state index contributed by atoms with van der Waals surface area (Å²) in [6.07, 6.45) is 5.60. The Morgan fingerprint density at radius 2 is 2.10 bits per heavy atom. The third-order valence-electron chi connectivity index (χ3n) is 3.49. The van der Waals surface area contributed by atoms with E-state index in [0.29, 0.717) is 11.0 Å². The summed E-state index contributed by atoms with van der Waals surface area (Å²) in [6, 6.07) is 2.05. The fourth-order valence-electron chi connectivity index (χ4n) is 2.50. The van der Waals surface area contributed by atoms with Crippen LogP contribution in [0.4, 0.5) is 5.13 Å². The Morgan fingerprint density at radius 3 is 2.86 bits per heavy atom. The number of amides is 1. The smallest absolute Gasteiger partial charge is 0.267 e. The molecule has 2 heterocycles. The topological polar surface area (TPSA) is 54.9 Å². The number of carbonyl (C=O) groups is 1. The first kappa shape index (κ1) is 14.7. The minimum Gasteiger partial charge on any atom is -0.296 e. The molecule has 0 aliphatic heterocycles. The van der Waals surface area contributed by atoms with Crippen LogP contribution in [0, 0.1) is 5.92 Å². The van der Waals surface area contributed by atoms with E-state index in [-0.39, 0.29) is 5.91 Å². The van der Waals surface area contributed by atoms with Crippen LogP contribution in [0.1, 0.15) is 51.8 Å². The van der Waals surface area contributed by atoms with Gasteiger partial charge in [-0.05, 0) is 43.2 Å². The quantitative estimate of drug-likeness (QED) is 0.928. The maximum absolute atomic E-state index is 12.3. The Morgan fingerprint density at radius 1 is 1.29 bits per heavy atom. The standard InChI is InChI=1S/C15H19N3OS2/c1-9(2)7-13-17-18-15(21-13)16-14(19)12-8-10-5-3-4-6-11(10)20-12/h8-9H,3-7H2,1-2H3,(H,16,18,19). The lowest BCUT2D eigenvalue weighted by Gasteiger charge is -2.08. The van der Waals surface area contributed by atoms with E-state index in [1.165, 1.54) is 34.6 Å². The molecular weight excluding hydrogens is 302 g/mol. The van der Waals surface area contributed by atoms with Crippen molar-refractivity contribution in [3.63, 3.8) is 0 Å². The highest BCUT2D eigenvalue weighted by Crippen LogP contribution is 2.30. The summed E-state index contributed by atoms with van der Waals surface area (Å²) in [4.78, 5) is 14.5. The highest BCUT2D eigenvalue weighted by Gasteiger charge is 2.18. The monoisotopic (exact) mass is 321 g/mol. The van der Waals surface area contributed by atoms with Gasteiger partial charge in [0.15, 0.2) is 0 Å². The molecule has 1 aliphatic carbocycles. The van der Waals surface area contributed by atoms with Crippen molar-refractivity contribution in [2.75, 3.05) is 5.32 Å². The van der Waals surface area contributed by atoms with Crippen LogP contribution in [0.3, 0.4) is 0 Å². The molecule has 6 heteroatoms. The van der Waals surface area contributed by atoms with Crippen molar-refractivity contribution in [2.24, 2.45) is 5.92 Å². The molecule has 0 spiro atoms. The maximum atomic E-state index is 12.3. The van der Waals surface area contributed by atoms with E-state index in [1.54, 1.807) is 11.3 Å². The molecule has 0 fully saturated rings. The molecule has 21 heavy (non-hydrogen) atoms. The van der Waals surface area contributed by atoms with Gasteiger partial charge in [0.05, 0.1) is 4.88 Å². The molecule has 112 valence electrons. The number of aryl methyl sites for hydroxylation is 2. The van der Waals surface area contributed by atoms with Gasteiger partial charge in [-0.25, -0.2) is 0 Å². The van der Waals surface area contributed by atoms with E-state index in [4.69, 9.17) is 0 Å². The Kier molecular flexibility index (Phi) is 4.35. The Labute approximate surface area is 132 Å². The molecule has 0 atom stereocenters. The molecule has 0 radical (unpaired) electrons. The molecule has 1 N–H and O–H groups in total. The van der Waals surface area contributed by atoms with Crippen molar-refractivity contribution in [2.45, 2.75) is 46.0 Å². The Balaban J connectivity index is 1.68. The van der Waals surface area contributed by atoms with Gasteiger partial charge in [-0.15, -0.1) is 21.5 Å². The Bertz CT molecular complexity index is 622. The summed E-state index contributed by atoms with van der Waals surface area (Å²) in [5.41, 5.74) is 1.36. The predicted molar refractivity (Wildman–Crippen MR) is 87.4 cm³/mol. The molecule has 0 unspecified atom stereocenters. The number of fused-ring (bicyclic) bond motifs is 1. The zero-order valence-corrected chi connectivity index (χ0v) is 13.9. The number of anilines is 1. The second kappa shape index (κ2) is 6.23. The molecule has 2 aromatic rings. The van der Waals surface area contributed by atoms with Crippen molar-refractivity contribution in [3.05, 3.63) is 26.4 Å². The van der Waals surface area contributed by atoms with Crippen LogP contribution >= 0.6 is 22.7 Å². The van der Waals surface area contributed by atoms with Crippen molar-refractivity contribution in [1.82, 2.24) is 10.2 Å². The second-order valence-corrected chi connectivity index (χ2v) is 8.02. The first-order valence-corrected chi connectivity index (χ1v) is 9.00. The van der Waals surface area contributed by atoms with Crippen LogP contribution in [0.2, 0.25) is 0 Å². The third-order valence-corrected chi connectivity index (χ3v) is 5.59. The largest absolute Gasteiger partial charge is 0.296 e. The Hall–Kier alpha value is -1.27. The maximum Gasteiger partial charge on any atom is 0.267 e. The number of thiophene rings is 1. The minimum atomic E-state index is -0.0540. The van der Waals surface area contributed by atoms with Gasteiger partial charge < -0.3 is 0 Å². The molecule has 4 nitrogen and oxygen atoms in total. The number of hydrogen-bond acceptors (Lipinski definition) is 5. The van der Waals surface area contributed by atoms with Crippen molar-refractivity contribution in [1.29, 1.82) is 0 Å². The number of nitrogens with one attached hydrogen (secondary N) is 1. The van der Waals surface area contributed by atoms with Crippen molar-refractivity contribution < 1.29 is 4.79 Å². The fraction of sp³-hybridized carbons (Fsp3) is 0.533. The zero-order valence-electron chi connectivity index (χ0n) is 12.3. The first-order valence-electron chi connectivity index (χ1n) is 7.37. The third kappa shape index (κ3) is 3.49. The number of rotatable bonds is 4. The van der Waals surface area contributed by atoms with E-state index in [1.807, 2.05) is 6.07 Å². The lowest BCUT2D eigenvalue weighted by Crippen LogP contribution is -2.09. The van der Waals surface area contributed by atoms with Crippen LogP contribution in [-0.4, -0.2) is 16.1 Å². The average molecular weight is 321 g/mol. The van der Waals surface area contributed by atoms with E-state index in [2.05, 4.69) is 29.4 Å². The summed E-state index contributed by atoms with van der Waals surface area (Å²) in [5, 5.41) is 12.6. The van der Waals surface area contributed by atoms with E-state index in [0.717, 1.165) is 29.1 Å². The molecular formula is C15H19N3OS2. The molecule has 2 aromatic heterocycles. The van der Waals surface area contributed by atoms with E-state index in [9.17, 15) is 4.79 Å². The number of hydrogen-bond donors (Lipinski definition) is 1. The van der Waals surface area contributed by atoms with Gasteiger partial charge in [0.1, 0.15) is 5.01 Å². The van der Waals surface area contributed by atoms with Gasteiger partial charge >= 0.3 is 0 Å². The summed E-state index contributed by atoms with van der Waals surface area (Å²) in [5.74, 6) is 0.493. The summed E-state index contributed by atoms with van der Waals surface area (Å²) >= 11 is 3.09. The molecule has 1 amide bonds. The molecule has 0 saturated heterocycles. The molecule has 3 rings (SSSR count). The van der Waals surface area contributed by atoms with Crippen molar-refractivity contribution in [3.8, 4) is 0 Å². The summed E-state index contributed by atoms with van der Waals surface area (Å²) in [6.45, 7) is 4.30. The normalized spacial score (nSPS) is 14.2. The lowest BCUT2D eigenvalue weighted by atomic mass is 9.99. The van der Waals surface area contributed by atoms with Crippen LogP contribution in [0.25, 0.3) is 0 Å². The highest BCUT2D eigenvalue weighted by atomic mass is 32.1. The van der Waals surface area contributed by atoms with Gasteiger partial charge in [0.25, 0.3) is 5.91 Å². The molecule has 0 aromatic carbocycles. The van der Waals surface area contributed by atoms with Gasteiger partial charge in [-0.2, -0.15) is 0 Å². The van der Waals surface area contributed by atoms with Gasteiger partial charge in [0.2, 0.25) is 5.13 Å². The number of carbonyl (C=O) groups excluding carboxylic acids is 1. The van der Waals surface area contributed by atoms with Gasteiger partial charge in [-0.3, -0.25) is 10.1 Å². The van der Waals surface area contributed by atoms with E-state index >= 15 is 0 Å². The van der Waals surface area contributed by atoms with Gasteiger partial charge in [-0.1, -0.05) is 25.2 Å². The summed E-state index contributed by atoms with van der Waals surface area (Å²) < 4.78 is 0. The van der Waals surface area contributed by atoms with Crippen molar-refractivity contribution >= 4 is 33.7 Å². The minimum absolute atomic E-state index is 0.0540. The summed E-state index contributed by atoms with van der Waals surface area (Å²) in [7, 11) is 0. The number of aromatic nitrogens is 2. The van der Waals surface area contributed by atoms with Crippen LogP contribution in [-0.2, 0) is 19.3 Å². The number of nitrogens with zero attached hydrogens (tertiary/aromatic N) is 2. The molecule has 0 bridgehead atoms. The van der Waals surface area contributed by atoms with E-state index < -0.39 is 0 Å². The zero-order chi connectivity index (χ0) is 14.8. The molecule has 1 aliphatic rings. The predicted octanol–water partition coefficient (Wildman–Crippen LogP) is 3.93. The average Bonchev–Trinajstić information content (AvgIpc) is 3.04. The van der Waals surface area contributed by atoms with Crippen LogP contribution < -0.4 is 5.32 Å². The lowest BCUT2D eigenvalue weighted by molar-refractivity contribution is 0.103. The van der Waals surface area contributed by atoms with Crippen LogP contribution in [0.15, 0.2) is 6.07 Å². The molecule has 0 saturated carbocycles. The highest BCUT2D eigenvalue weighted by molar-refractivity contribution is 7.16. The second-order valence-electron chi connectivity index (χ2n) is 5.82.